The van der Waals surface area contributed by atoms with E-state index >= 15 is 0 Å². The molecule has 0 unspecified atom stereocenters. The monoisotopic (exact) mass is 381 g/mol. The molecule has 1 amide bonds. The van der Waals surface area contributed by atoms with E-state index in [0.717, 1.165) is 50.6 Å². The van der Waals surface area contributed by atoms with Crippen molar-refractivity contribution in [1.29, 1.82) is 0 Å². The normalized spacial score (nSPS) is 24.6. The Morgan fingerprint density at radius 2 is 2.04 bits per heavy atom. The largest absolute Gasteiger partial charge is 0.381 e. The van der Waals surface area contributed by atoms with Crippen LogP contribution in [-0.4, -0.2) is 28.9 Å². The van der Waals surface area contributed by atoms with E-state index in [-0.39, 0.29) is 24.0 Å². The lowest BCUT2D eigenvalue weighted by molar-refractivity contribution is -0.128. The van der Waals surface area contributed by atoms with Gasteiger partial charge < -0.3 is 10.1 Å². The summed E-state index contributed by atoms with van der Waals surface area (Å²) < 4.78 is 7.55. The van der Waals surface area contributed by atoms with E-state index in [1.54, 1.807) is 7.11 Å². The van der Waals surface area contributed by atoms with Gasteiger partial charge in [0.1, 0.15) is 0 Å². The molecule has 2 aromatic rings. The van der Waals surface area contributed by atoms with Gasteiger partial charge in [0.25, 0.3) is 0 Å². The Morgan fingerprint density at radius 3 is 2.82 bits per heavy atom. The molecule has 3 atom stereocenters. The summed E-state index contributed by atoms with van der Waals surface area (Å²) in [5.74, 6) is 0.248. The van der Waals surface area contributed by atoms with Gasteiger partial charge >= 0.3 is 0 Å². The van der Waals surface area contributed by atoms with E-state index in [1.165, 1.54) is 22.4 Å². The molecule has 5 heteroatoms. The molecule has 1 aromatic carbocycles. The Balaban J connectivity index is 1.52. The number of hydrogen-bond acceptors (Lipinski definition) is 3. The first-order valence-corrected chi connectivity index (χ1v) is 10.5. The highest BCUT2D eigenvalue weighted by Crippen LogP contribution is 2.33. The third kappa shape index (κ3) is 3.72. The molecule has 28 heavy (non-hydrogen) atoms. The van der Waals surface area contributed by atoms with Crippen molar-refractivity contribution in [1.82, 2.24) is 15.1 Å². The molecular formula is C23H31N3O2. The molecular weight excluding hydrogens is 350 g/mol. The maximum absolute atomic E-state index is 12.9. The summed E-state index contributed by atoms with van der Waals surface area (Å²) >= 11 is 0. The van der Waals surface area contributed by atoms with Crippen LogP contribution < -0.4 is 5.32 Å². The van der Waals surface area contributed by atoms with Crippen molar-refractivity contribution in [2.75, 3.05) is 7.11 Å². The van der Waals surface area contributed by atoms with Crippen LogP contribution in [0.25, 0.3) is 5.69 Å². The molecule has 4 rings (SSSR count). The van der Waals surface area contributed by atoms with E-state index in [1.807, 2.05) is 6.20 Å². The number of carbonyl (C=O) groups excluding carboxylic acids is 1. The molecule has 0 saturated heterocycles. The first kappa shape index (κ1) is 19.2. The van der Waals surface area contributed by atoms with Gasteiger partial charge in [0, 0.05) is 24.3 Å². The summed E-state index contributed by atoms with van der Waals surface area (Å²) in [6.45, 7) is 4.26. The number of carbonyl (C=O) groups is 1. The number of methoxy groups -OCH3 is 1. The molecule has 1 heterocycles. The predicted octanol–water partition coefficient (Wildman–Crippen LogP) is 4.19. The smallest absolute Gasteiger partial charge is 0.223 e. The number of aryl methyl sites for hydroxylation is 2. The molecule has 2 aliphatic carbocycles. The van der Waals surface area contributed by atoms with Crippen LogP contribution in [0.5, 0.6) is 0 Å². The number of fused-ring (bicyclic) bond motifs is 1. The first-order valence-electron chi connectivity index (χ1n) is 10.5. The Bertz CT molecular complexity index is 858. The summed E-state index contributed by atoms with van der Waals surface area (Å²) in [5, 5.41) is 8.01. The summed E-state index contributed by atoms with van der Waals surface area (Å²) in [7, 11) is 1.75. The lowest BCUT2D eigenvalue weighted by Gasteiger charge is -2.30. The molecule has 1 fully saturated rings. The highest BCUT2D eigenvalue weighted by molar-refractivity contribution is 5.79. The van der Waals surface area contributed by atoms with Gasteiger partial charge in [-0.05, 0) is 75.6 Å². The van der Waals surface area contributed by atoms with Crippen molar-refractivity contribution in [3.8, 4) is 5.69 Å². The number of ether oxygens (including phenoxy) is 1. The second-order valence-electron chi connectivity index (χ2n) is 8.40. The SMILES string of the molecule is CO[C@@H]1CCC[C@@H](C(=O)N[C@H]2CCCc3c2cnn3-c2ccc(C)c(C)c2)C1. The van der Waals surface area contributed by atoms with E-state index in [4.69, 9.17) is 4.74 Å². The lowest BCUT2D eigenvalue weighted by Crippen LogP contribution is -2.38. The molecule has 1 N–H and O–H groups in total. The van der Waals surface area contributed by atoms with Gasteiger partial charge in [0.2, 0.25) is 5.91 Å². The fraction of sp³-hybridized carbons (Fsp3) is 0.565. The van der Waals surface area contributed by atoms with Crippen LogP contribution in [0.15, 0.2) is 24.4 Å². The number of amides is 1. The van der Waals surface area contributed by atoms with E-state index in [0.29, 0.717) is 0 Å². The van der Waals surface area contributed by atoms with Crippen LogP contribution in [0.2, 0.25) is 0 Å². The van der Waals surface area contributed by atoms with Crippen molar-refractivity contribution >= 4 is 5.91 Å². The third-order valence-corrected chi connectivity index (χ3v) is 6.56. The van der Waals surface area contributed by atoms with Crippen LogP contribution in [0.4, 0.5) is 0 Å². The van der Waals surface area contributed by atoms with Crippen LogP contribution in [0.3, 0.4) is 0 Å². The zero-order valence-corrected chi connectivity index (χ0v) is 17.2. The maximum Gasteiger partial charge on any atom is 0.223 e. The molecule has 5 nitrogen and oxygen atoms in total. The number of rotatable bonds is 4. The summed E-state index contributed by atoms with van der Waals surface area (Å²) in [6, 6.07) is 6.54. The van der Waals surface area contributed by atoms with Gasteiger partial charge in [-0.2, -0.15) is 5.10 Å². The standard InChI is InChI=1S/C23H31N3O2/c1-15-10-11-18(12-16(15)2)26-22-9-5-8-21(20(22)14-24-26)25-23(27)17-6-4-7-19(13-17)28-3/h10-12,14,17,19,21H,4-9,13H2,1-3H3,(H,25,27)/t17-,19-,21+/m1/s1. The van der Waals surface area contributed by atoms with Crippen molar-refractivity contribution < 1.29 is 9.53 Å². The Labute approximate surface area is 167 Å². The van der Waals surface area contributed by atoms with Crippen LogP contribution in [0, 0.1) is 19.8 Å². The average Bonchev–Trinajstić information content (AvgIpc) is 3.15. The minimum absolute atomic E-state index is 0.0684. The second-order valence-corrected chi connectivity index (χ2v) is 8.40. The van der Waals surface area contributed by atoms with E-state index in [2.05, 4.69) is 47.1 Å². The van der Waals surface area contributed by atoms with Crippen molar-refractivity contribution in [2.24, 2.45) is 5.92 Å². The number of benzene rings is 1. The fourth-order valence-electron chi connectivity index (χ4n) is 4.67. The lowest BCUT2D eigenvalue weighted by atomic mass is 9.85. The van der Waals surface area contributed by atoms with Gasteiger partial charge in [0.05, 0.1) is 24.0 Å². The quantitative estimate of drug-likeness (QED) is 0.864. The molecule has 0 bridgehead atoms. The average molecular weight is 382 g/mol. The highest BCUT2D eigenvalue weighted by Gasteiger charge is 2.31. The van der Waals surface area contributed by atoms with Crippen LogP contribution >= 0.6 is 0 Å². The molecule has 2 aliphatic rings. The van der Waals surface area contributed by atoms with Gasteiger partial charge in [-0.15, -0.1) is 0 Å². The number of aromatic nitrogens is 2. The topological polar surface area (TPSA) is 56.1 Å². The molecule has 0 aliphatic heterocycles. The van der Waals surface area contributed by atoms with Crippen molar-refractivity contribution in [3.63, 3.8) is 0 Å². The summed E-state index contributed by atoms with van der Waals surface area (Å²) in [4.78, 5) is 12.9. The van der Waals surface area contributed by atoms with Crippen LogP contribution in [0.1, 0.15) is 67.0 Å². The maximum atomic E-state index is 12.9. The second kappa shape index (κ2) is 8.08. The third-order valence-electron chi connectivity index (χ3n) is 6.56. The van der Waals surface area contributed by atoms with Gasteiger partial charge in [-0.3, -0.25) is 4.79 Å². The number of nitrogens with one attached hydrogen (secondary N) is 1. The van der Waals surface area contributed by atoms with E-state index < -0.39 is 0 Å². The predicted molar refractivity (Wildman–Crippen MR) is 110 cm³/mol. The van der Waals surface area contributed by atoms with Gasteiger partial charge in [0.15, 0.2) is 0 Å². The van der Waals surface area contributed by atoms with Gasteiger partial charge in [-0.25, -0.2) is 4.68 Å². The molecule has 1 aromatic heterocycles. The molecule has 0 spiro atoms. The zero-order chi connectivity index (χ0) is 19.7. The first-order chi connectivity index (χ1) is 13.6. The molecule has 150 valence electrons. The van der Waals surface area contributed by atoms with Gasteiger partial charge in [-0.1, -0.05) is 12.5 Å². The Kier molecular flexibility index (Phi) is 5.54. The Morgan fingerprint density at radius 1 is 1.18 bits per heavy atom. The summed E-state index contributed by atoms with van der Waals surface area (Å²) in [6.07, 6.45) is 9.17. The fourth-order valence-corrected chi connectivity index (χ4v) is 4.67. The number of hydrogen-bond donors (Lipinski definition) is 1. The minimum atomic E-state index is 0.0684. The summed E-state index contributed by atoms with van der Waals surface area (Å²) in [5.41, 5.74) is 6.07. The molecule has 1 saturated carbocycles. The Hall–Kier alpha value is -2.14. The molecule has 0 radical (unpaired) electrons. The van der Waals surface area contributed by atoms with Crippen LogP contribution in [-0.2, 0) is 16.0 Å². The van der Waals surface area contributed by atoms with Crippen molar-refractivity contribution in [2.45, 2.75) is 70.9 Å². The van der Waals surface area contributed by atoms with Crippen molar-refractivity contribution in [3.05, 3.63) is 46.8 Å². The highest BCUT2D eigenvalue weighted by atomic mass is 16.5. The van der Waals surface area contributed by atoms with E-state index in [9.17, 15) is 4.79 Å². The minimum Gasteiger partial charge on any atom is -0.381 e. The number of nitrogens with zero attached hydrogens (tertiary/aromatic N) is 2. The zero-order valence-electron chi connectivity index (χ0n) is 17.2.